The maximum Gasteiger partial charge on any atom is 0.230 e. The lowest BCUT2D eigenvalue weighted by Gasteiger charge is -2.16. The molecule has 0 aliphatic heterocycles. The van der Waals surface area contributed by atoms with Gasteiger partial charge in [0.25, 0.3) is 0 Å². The van der Waals surface area contributed by atoms with Crippen LogP contribution in [0.5, 0.6) is 5.75 Å². The molecule has 1 amide bonds. The zero-order chi connectivity index (χ0) is 19.3. The van der Waals surface area contributed by atoms with Crippen LogP contribution in [0.3, 0.4) is 0 Å². The average molecular weight is 393 g/mol. The molecule has 0 unspecified atom stereocenters. The van der Waals surface area contributed by atoms with Gasteiger partial charge in [-0.15, -0.1) is 11.3 Å². The van der Waals surface area contributed by atoms with E-state index in [0.29, 0.717) is 18.2 Å². The molecule has 0 atom stereocenters. The second kappa shape index (κ2) is 8.57. The number of rotatable bonds is 6. The van der Waals surface area contributed by atoms with Crippen molar-refractivity contribution >= 4 is 22.4 Å². The van der Waals surface area contributed by atoms with Gasteiger partial charge < -0.3 is 10.1 Å². The summed E-state index contributed by atoms with van der Waals surface area (Å²) in [5.74, 6) is 0.761. The molecule has 4 nitrogen and oxygen atoms in total. The Morgan fingerprint density at radius 3 is 2.68 bits per heavy atom. The predicted octanol–water partition coefficient (Wildman–Crippen LogP) is 5.27. The van der Waals surface area contributed by atoms with Gasteiger partial charge in [-0.3, -0.25) is 4.79 Å². The maximum atomic E-state index is 12.4. The first-order valence-electron chi connectivity index (χ1n) is 9.80. The lowest BCUT2D eigenvalue weighted by Crippen LogP contribution is -2.14. The minimum absolute atomic E-state index is 0.0597. The topological polar surface area (TPSA) is 51.2 Å². The molecule has 28 heavy (non-hydrogen) atoms. The Hall–Kier alpha value is -2.66. The number of nitrogens with zero attached hydrogens (tertiary/aromatic N) is 1. The summed E-state index contributed by atoms with van der Waals surface area (Å²) in [4.78, 5) is 17.0. The Morgan fingerprint density at radius 1 is 1.11 bits per heavy atom. The van der Waals surface area contributed by atoms with E-state index in [9.17, 15) is 4.79 Å². The molecule has 1 aliphatic rings. The lowest BCUT2D eigenvalue weighted by molar-refractivity contribution is -0.115. The zero-order valence-electron chi connectivity index (χ0n) is 16.0. The smallest absolute Gasteiger partial charge is 0.230 e. The third kappa shape index (κ3) is 4.42. The van der Waals surface area contributed by atoms with Gasteiger partial charge in [-0.2, -0.15) is 0 Å². The van der Waals surface area contributed by atoms with Crippen molar-refractivity contribution in [2.75, 3.05) is 11.9 Å². The summed E-state index contributed by atoms with van der Waals surface area (Å²) in [7, 11) is 0. The van der Waals surface area contributed by atoms with Crippen LogP contribution in [0.4, 0.5) is 5.13 Å². The van der Waals surface area contributed by atoms with E-state index in [2.05, 4.69) is 28.5 Å². The standard InChI is InChI=1S/C23H24N2O2S/c1-2-27-20-11-7-16(8-12-20)13-22(26)25-23-24-21(15-28-23)19-10-9-17-5-3-4-6-18(17)14-19/h7-12,14-15H,2-6,13H2,1H3,(H,24,25,26). The lowest BCUT2D eigenvalue weighted by atomic mass is 9.90. The Labute approximate surface area is 169 Å². The number of carbonyl (C=O) groups is 1. The van der Waals surface area contributed by atoms with Crippen molar-refractivity contribution in [1.29, 1.82) is 0 Å². The van der Waals surface area contributed by atoms with Crippen LogP contribution in [-0.2, 0) is 24.1 Å². The van der Waals surface area contributed by atoms with Gasteiger partial charge in [-0.1, -0.05) is 24.3 Å². The molecule has 0 radical (unpaired) electrons. The summed E-state index contributed by atoms with van der Waals surface area (Å²) in [5.41, 5.74) is 5.91. The normalized spacial score (nSPS) is 13.0. The van der Waals surface area contributed by atoms with Crippen molar-refractivity contribution in [1.82, 2.24) is 4.98 Å². The van der Waals surface area contributed by atoms with Gasteiger partial charge in [-0.25, -0.2) is 4.98 Å². The van der Waals surface area contributed by atoms with Crippen LogP contribution in [0, 0.1) is 0 Å². The minimum Gasteiger partial charge on any atom is -0.494 e. The molecule has 0 saturated carbocycles. The number of hydrogen-bond acceptors (Lipinski definition) is 4. The average Bonchev–Trinajstić information content (AvgIpc) is 3.17. The van der Waals surface area contributed by atoms with Gasteiger partial charge in [-0.05, 0) is 67.5 Å². The molecule has 1 aliphatic carbocycles. The van der Waals surface area contributed by atoms with Crippen LogP contribution >= 0.6 is 11.3 Å². The third-order valence-electron chi connectivity index (χ3n) is 4.99. The van der Waals surface area contributed by atoms with E-state index in [1.165, 1.54) is 41.7 Å². The van der Waals surface area contributed by atoms with Crippen molar-refractivity contribution in [3.63, 3.8) is 0 Å². The molecular weight excluding hydrogens is 368 g/mol. The fourth-order valence-electron chi connectivity index (χ4n) is 3.58. The fourth-order valence-corrected chi connectivity index (χ4v) is 4.31. The Morgan fingerprint density at radius 2 is 1.89 bits per heavy atom. The van der Waals surface area contributed by atoms with E-state index in [-0.39, 0.29) is 5.91 Å². The van der Waals surface area contributed by atoms with E-state index >= 15 is 0 Å². The molecule has 3 aromatic rings. The van der Waals surface area contributed by atoms with Gasteiger partial charge >= 0.3 is 0 Å². The molecule has 0 fully saturated rings. The van der Waals surface area contributed by atoms with E-state index in [1.807, 2.05) is 36.6 Å². The molecule has 0 saturated heterocycles. The fraction of sp³-hybridized carbons (Fsp3) is 0.304. The van der Waals surface area contributed by atoms with Gasteiger partial charge in [0, 0.05) is 10.9 Å². The molecule has 0 spiro atoms. The van der Waals surface area contributed by atoms with Crippen molar-refractivity contribution in [3.8, 4) is 17.0 Å². The minimum atomic E-state index is -0.0597. The van der Waals surface area contributed by atoms with Crippen molar-refractivity contribution in [2.45, 2.75) is 39.0 Å². The van der Waals surface area contributed by atoms with E-state index in [4.69, 9.17) is 4.74 Å². The van der Waals surface area contributed by atoms with Gasteiger partial charge in [0.15, 0.2) is 5.13 Å². The highest BCUT2D eigenvalue weighted by atomic mass is 32.1. The molecule has 144 valence electrons. The summed E-state index contributed by atoms with van der Waals surface area (Å²) < 4.78 is 5.43. The number of benzene rings is 2. The van der Waals surface area contributed by atoms with Crippen LogP contribution in [0.15, 0.2) is 47.8 Å². The Bertz CT molecular complexity index is 963. The molecule has 1 heterocycles. The van der Waals surface area contributed by atoms with Crippen LogP contribution in [0.1, 0.15) is 36.5 Å². The molecule has 1 aromatic heterocycles. The quantitative estimate of drug-likeness (QED) is 0.622. The number of ether oxygens (including phenoxy) is 1. The number of thiazole rings is 1. The highest BCUT2D eigenvalue weighted by Crippen LogP contribution is 2.29. The maximum absolute atomic E-state index is 12.4. The van der Waals surface area contributed by atoms with Crippen molar-refractivity contribution in [2.24, 2.45) is 0 Å². The number of carbonyl (C=O) groups excluding carboxylic acids is 1. The molecular formula is C23H24N2O2S. The summed E-state index contributed by atoms with van der Waals surface area (Å²) in [5, 5.41) is 5.57. The van der Waals surface area contributed by atoms with E-state index in [1.54, 1.807) is 0 Å². The Balaban J connectivity index is 1.39. The van der Waals surface area contributed by atoms with Crippen molar-refractivity contribution in [3.05, 3.63) is 64.5 Å². The van der Waals surface area contributed by atoms with Gasteiger partial charge in [0.2, 0.25) is 5.91 Å². The third-order valence-corrected chi connectivity index (χ3v) is 5.75. The summed E-state index contributed by atoms with van der Waals surface area (Å²) in [6.45, 7) is 2.59. The zero-order valence-corrected chi connectivity index (χ0v) is 16.8. The van der Waals surface area contributed by atoms with Crippen molar-refractivity contribution < 1.29 is 9.53 Å². The molecule has 2 aromatic carbocycles. The largest absolute Gasteiger partial charge is 0.494 e. The number of amides is 1. The highest BCUT2D eigenvalue weighted by molar-refractivity contribution is 7.14. The number of aromatic nitrogens is 1. The first-order valence-corrected chi connectivity index (χ1v) is 10.7. The first-order chi connectivity index (χ1) is 13.7. The molecule has 0 bridgehead atoms. The summed E-state index contributed by atoms with van der Waals surface area (Å²) >= 11 is 1.47. The highest BCUT2D eigenvalue weighted by Gasteiger charge is 2.13. The SMILES string of the molecule is CCOc1ccc(CC(=O)Nc2nc(-c3ccc4c(c3)CCCC4)cs2)cc1. The van der Waals surface area contributed by atoms with Crippen LogP contribution in [0.25, 0.3) is 11.3 Å². The Kier molecular flexibility index (Phi) is 5.72. The second-order valence-corrected chi connectivity index (χ2v) is 7.89. The molecule has 4 rings (SSSR count). The second-order valence-electron chi connectivity index (χ2n) is 7.03. The van der Waals surface area contributed by atoms with Gasteiger partial charge in [0.1, 0.15) is 5.75 Å². The number of nitrogens with one attached hydrogen (secondary N) is 1. The molecule has 1 N–H and O–H groups in total. The van der Waals surface area contributed by atoms with Crippen LogP contribution in [0.2, 0.25) is 0 Å². The summed E-state index contributed by atoms with van der Waals surface area (Å²) in [6, 6.07) is 14.3. The van der Waals surface area contributed by atoms with E-state index < -0.39 is 0 Å². The van der Waals surface area contributed by atoms with Crippen LogP contribution in [-0.4, -0.2) is 17.5 Å². The summed E-state index contributed by atoms with van der Waals surface area (Å²) in [6.07, 6.45) is 5.20. The van der Waals surface area contributed by atoms with Gasteiger partial charge in [0.05, 0.1) is 18.7 Å². The number of aryl methyl sites for hydroxylation is 2. The van der Waals surface area contributed by atoms with E-state index in [0.717, 1.165) is 29.0 Å². The molecule has 5 heteroatoms. The number of fused-ring (bicyclic) bond motifs is 1. The number of anilines is 1. The monoisotopic (exact) mass is 392 g/mol. The van der Waals surface area contributed by atoms with Crippen LogP contribution < -0.4 is 10.1 Å². The number of hydrogen-bond donors (Lipinski definition) is 1. The predicted molar refractivity (Wildman–Crippen MR) is 114 cm³/mol. The first kappa shape index (κ1) is 18.7.